The van der Waals surface area contributed by atoms with Gasteiger partial charge >= 0.3 is 5.91 Å². The van der Waals surface area contributed by atoms with Crippen molar-refractivity contribution in [3.63, 3.8) is 0 Å². The van der Waals surface area contributed by atoms with Gasteiger partial charge in [0.1, 0.15) is 11.0 Å². The van der Waals surface area contributed by atoms with Gasteiger partial charge in [0.2, 0.25) is 0 Å². The van der Waals surface area contributed by atoms with Crippen LogP contribution in [0.25, 0.3) is 11.0 Å². The molecule has 9 heteroatoms. The van der Waals surface area contributed by atoms with E-state index < -0.39 is 11.7 Å². The number of fused-ring (bicyclic) bond motifs is 1. The Labute approximate surface area is 158 Å². The Hall–Kier alpha value is -2.64. The zero-order valence-electron chi connectivity index (χ0n) is 13.8. The zero-order valence-corrected chi connectivity index (χ0v) is 15.4. The van der Waals surface area contributed by atoms with Gasteiger partial charge in [-0.15, -0.1) is 0 Å². The summed E-state index contributed by atoms with van der Waals surface area (Å²) in [6, 6.07) is 3.47. The lowest BCUT2D eigenvalue weighted by Crippen LogP contribution is -2.18. The third kappa shape index (κ3) is 3.23. The second-order valence-electron chi connectivity index (χ2n) is 5.85. The van der Waals surface area contributed by atoms with Crippen LogP contribution < -0.4 is 5.36 Å². The topological polar surface area (TPSA) is 89.5 Å². The Kier molecular flexibility index (Phi) is 4.84. The number of hydrogen-bond acceptors (Lipinski definition) is 4. The van der Waals surface area contributed by atoms with Gasteiger partial charge in [-0.2, -0.15) is 4.73 Å². The van der Waals surface area contributed by atoms with Crippen LogP contribution in [0, 0.1) is 0 Å². The lowest BCUT2D eigenvalue weighted by Gasteiger charge is -2.07. The van der Waals surface area contributed by atoms with E-state index in [-0.39, 0.29) is 27.0 Å². The molecule has 3 aromatic rings. The van der Waals surface area contributed by atoms with Crippen LogP contribution >= 0.6 is 23.2 Å². The Balaban J connectivity index is 2.10. The van der Waals surface area contributed by atoms with Crippen LogP contribution in [-0.4, -0.2) is 31.2 Å². The van der Waals surface area contributed by atoms with Crippen LogP contribution in [0.15, 0.2) is 41.9 Å². The van der Waals surface area contributed by atoms with Crippen molar-refractivity contribution in [3.8, 4) is 0 Å². The molecule has 0 radical (unpaired) electrons. The molecule has 7 nitrogen and oxygen atoms in total. The summed E-state index contributed by atoms with van der Waals surface area (Å²) in [7, 11) is 0. The number of nitrogens with zero attached hydrogens (tertiary/aromatic N) is 4. The molecule has 1 N–H and O–H groups in total. The molecule has 0 saturated heterocycles. The van der Waals surface area contributed by atoms with Crippen LogP contribution in [0.3, 0.4) is 0 Å². The van der Waals surface area contributed by atoms with E-state index in [4.69, 9.17) is 23.2 Å². The number of hydrogen-bond donors (Lipinski definition) is 1. The predicted octanol–water partition coefficient (Wildman–Crippen LogP) is 3.27. The summed E-state index contributed by atoms with van der Waals surface area (Å²) in [5.41, 5.74) is 0.812. The number of carbonyl (C=O) groups excluding carboxylic acids is 2. The van der Waals surface area contributed by atoms with Crippen molar-refractivity contribution in [3.05, 3.63) is 57.9 Å². The van der Waals surface area contributed by atoms with Crippen molar-refractivity contribution in [2.45, 2.75) is 19.9 Å². The highest BCUT2D eigenvalue weighted by Gasteiger charge is 2.22. The minimum Gasteiger partial charge on any atom is -0.429 e. The molecule has 0 fully saturated rings. The average molecular weight is 393 g/mol. The standard InChI is InChI=1S/C17H14Cl2N4O3/c1-9(2)23-6-11(10-4-3-5-20-16(10)23)15(24)17(25)21-14-12(18)7-22(26)8-13(14)19/h3-9,26H,1-2H3. The number of Topliss-reactive ketones (excluding diaryl/α,β-unsaturated/α-hetero) is 1. The van der Waals surface area contributed by atoms with E-state index >= 15 is 0 Å². The molecule has 3 heterocycles. The van der Waals surface area contributed by atoms with Crippen LogP contribution in [-0.2, 0) is 4.79 Å². The fraction of sp³-hybridized carbons (Fsp3) is 0.176. The summed E-state index contributed by atoms with van der Waals surface area (Å²) in [5, 5.41) is 9.71. The van der Waals surface area contributed by atoms with E-state index in [1.807, 2.05) is 18.4 Å². The molecule has 0 aromatic carbocycles. The number of aromatic nitrogens is 3. The first-order valence-electron chi connectivity index (χ1n) is 7.65. The molecular weight excluding hydrogens is 379 g/mol. The normalized spacial score (nSPS) is 11.1. The number of halogens is 2. The molecule has 0 bridgehead atoms. The number of ketones is 1. The van der Waals surface area contributed by atoms with Crippen LogP contribution in [0.4, 0.5) is 0 Å². The summed E-state index contributed by atoms with van der Waals surface area (Å²) in [6.07, 6.45) is 5.43. The van der Waals surface area contributed by atoms with Gasteiger partial charge in [-0.3, -0.25) is 9.59 Å². The number of rotatable bonds is 3. The third-order valence-electron chi connectivity index (χ3n) is 3.74. The molecule has 0 unspecified atom stereocenters. The number of amides is 1. The number of pyridine rings is 2. The van der Waals surface area contributed by atoms with Crippen molar-refractivity contribution in [1.29, 1.82) is 0 Å². The van der Waals surface area contributed by atoms with Crippen LogP contribution in [0.2, 0.25) is 10.0 Å². The van der Waals surface area contributed by atoms with Gasteiger partial charge in [0.25, 0.3) is 5.78 Å². The van der Waals surface area contributed by atoms with Gasteiger partial charge in [-0.05, 0) is 26.0 Å². The summed E-state index contributed by atoms with van der Waals surface area (Å²) in [6.45, 7) is 3.89. The van der Waals surface area contributed by atoms with Crippen molar-refractivity contribution >= 4 is 45.9 Å². The molecule has 26 heavy (non-hydrogen) atoms. The first-order valence-corrected chi connectivity index (χ1v) is 8.40. The van der Waals surface area contributed by atoms with Crippen molar-refractivity contribution in [2.75, 3.05) is 0 Å². The quantitative estimate of drug-likeness (QED) is 0.420. The van der Waals surface area contributed by atoms with Crippen molar-refractivity contribution in [1.82, 2.24) is 14.3 Å². The SMILES string of the molecule is CC(C)n1cc(C(=O)C(=O)N=c2c(Cl)cn(O)cc2Cl)c2cccnc21. The minimum atomic E-state index is -1.02. The van der Waals surface area contributed by atoms with E-state index in [0.717, 1.165) is 12.4 Å². The average Bonchev–Trinajstić information content (AvgIpc) is 2.97. The maximum atomic E-state index is 12.7. The number of carbonyl (C=O) groups is 2. The molecule has 3 rings (SSSR count). The maximum Gasteiger partial charge on any atom is 0.318 e. The highest BCUT2D eigenvalue weighted by Crippen LogP contribution is 2.23. The van der Waals surface area contributed by atoms with E-state index in [9.17, 15) is 14.8 Å². The van der Waals surface area contributed by atoms with E-state index in [0.29, 0.717) is 15.8 Å². The second-order valence-corrected chi connectivity index (χ2v) is 6.66. The smallest absolute Gasteiger partial charge is 0.318 e. The van der Waals surface area contributed by atoms with Gasteiger partial charge in [-0.25, -0.2) is 9.98 Å². The molecule has 134 valence electrons. The van der Waals surface area contributed by atoms with Gasteiger partial charge < -0.3 is 9.77 Å². The van der Waals surface area contributed by atoms with Gasteiger partial charge in [0.05, 0.1) is 28.0 Å². The first kappa shape index (κ1) is 18.2. The Bertz CT molecular complexity index is 1070. The zero-order chi connectivity index (χ0) is 19.0. The highest BCUT2D eigenvalue weighted by molar-refractivity contribution is 6.45. The van der Waals surface area contributed by atoms with Crippen LogP contribution in [0.1, 0.15) is 30.2 Å². The Morgan fingerprint density at radius 2 is 1.85 bits per heavy atom. The molecule has 0 atom stereocenters. The Morgan fingerprint density at radius 1 is 1.19 bits per heavy atom. The molecular formula is C17H14Cl2N4O3. The monoisotopic (exact) mass is 392 g/mol. The lowest BCUT2D eigenvalue weighted by molar-refractivity contribution is -0.114. The van der Waals surface area contributed by atoms with Gasteiger partial charge in [-0.1, -0.05) is 23.2 Å². The molecule has 0 aliphatic rings. The molecule has 1 amide bonds. The third-order valence-corrected chi connectivity index (χ3v) is 4.30. The predicted molar refractivity (Wildman–Crippen MR) is 96.7 cm³/mol. The van der Waals surface area contributed by atoms with E-state index in [1.165, 1.54) is 0 Å². The molecule has 3 aromatic heterocycles. The second kappa shape index (κ2) is 6.93. The van der Waals surface area contributed by atoms with Gasteiger partial charge in [0.15, 0.2) is 0 Å². The van der Waals surface area contributed by atoms with E-state index in [2.05, 4.69) is 9.98 Å². The van der Waals surface area contributed by atoms with Crippen molar-refractivity contribution < 1.29 is 14.8 Å². The summed E-state index contributed by atoms with van der Waals surface area (Å²) < 4.78 is 2.45. The largest absolute Gasteiger partial charge is 0.429 e. The maximum absolute atomic E-state index is 12.7. The molecule has 0 saturated carbocycles. The Morgan fingerprint density at radius 3 is 2.46 bits per heavy atom. The lowest BCUT2D eigenvalue weighted by atomic mass is 10.1. The highest BCUT2D eigenvalue weighted by atomic mass is 35.5. The fourth-order valence-corrected chi connectivity index (χ4v) is 3.07. The molecule has 0 spiro atoms. The summed E-state index contributed by atoms with van der Waals surface area (Å²) in [4.78, 5) is 33.1. The van der Waals surface area contributed by atoms with Gasteiger partial charge in [0, 0.05) is 23.8 Å². The van der Waals surface area contributed by atoms with Crippen molar-refractivity contribution in [2.24, 2.45) is 4.99 Å². The molecule has 0 aliphatic heterocycles. The minimum absolute atomic E-state index is 0.0546. The summed E-state index contributed by atoms with van der Waals surface area (Å²) >= 11 is 11.9. The van der Waals surface area contributed by atoms with E-state index in [1.54, 1.807) is 24.5 Å². The summed E-state index contributed by atoms with van der Waals surface area (Å²) in [5.74, 6) is -1.81. The fourth-order valence-electron chi connectivity index (χ4n) is 2.54. The van der Waals surface area contributed by atoms with Crippen LogP contribution in [0.5, 0.6) is 0 Å². The first-order chi connectivity index (χ1) is 12.3. The molecule has 0 aliphatic carbocycles.